The molecule has 9 heteroatoms. The molecule has 0 aliphatic heterocycles. The predicted molar refractivity (Wildman–Crippen MR) is 106 cm³/mol. The van der Waals surface area contributed by atoms with Crippen molar-refractivity contribution in [2.45, 2.75) is 13.0 Å². The Morgan fingerprint density at radius 1 is 1.10 bits per heavy atom. The highest BCUT2D eigenvalue weighted by Gasteiger charge is 2.16. The molecule has 0 radical (unpaired) electrons. The quantitative estimate of drug-likeness (QED) is 0.345. The second-order valence-corrected chi connectivity index (χ2v) is 5.97. The van der Waals surface area contributed by atoms with Crippen molar-refractivity contribution in [2.24, 2.45) is 10.8 Å². The standard InChI is InChI=1S/C20H22N4O5/c1-13(15-6-4-3-5-7-15)23-19(26)20(27)24-22-11-14-8-9-16(17(10-14)28-2)29-12-18(21)25/h3-11,13H,12H2,1-2H3,(H2,21,25)(H,23,26)(H,24,27)/b22-11-/t13-/m0/s1. The summed E-state index contributed by atoms with van der Waals surface area (Å²) in [7, 11) is 1.44. The first-order valence-electron chi connectivity index (χ1n) is 8.68. The van der Waals surface area contributed by atoms with E-state index in [0.717, 1.165) is 5.56 Å². The lowest BCUT2D eigenvalue weighted by molar-refractivity contribution is -0.139. The molecule has 0 aliphatic rings. The normalized spacial score (nSPS) is 11.5. The second kappa shape index (κ2) is 10.5. The Balaban J connectivity index is 1.91. The number of primary amides is 1. The maximum Gasteiger partial charge on any atom is 0.329 e. The molecule has 0 heterocycles. The zero-order valence-electron chi connectivity index (χ0n) is 16.0. The summed E-state index contributed by atoms with van der Waals surface area (Å²) in [5, 5.41) is 6.36. The summed E-state index contributed by atoms with van der Waals surface area (Å²) in [6.45, 7) is 1.49. The van der Waals surface area contributed by atoms with Crippen LogP contribution in [-0.4, -0.2) is 37.7 Å². The van der Waals surface area contributed by atoms with Gasteiger partial charge < -0.3 is 20.5 Å². The topological polar surface area (TPSA) is 132 Å². The fourth-order valence-corrected chi connectivity index (χ4v) is 2.34. The SMILES string of the molecule is COc1cc(/C=N\NC(=O)C(=O)N[C@@H](C)c2ccccc2)ccc1OCC(N)=O. The van der Waals surface area contributed by atoms with Crippen LogP contribution in [0.1, 0.15) is 24.1 Å². The van der Waals surface area contributed by atoms with Crippen molar-refractivity contribution in [3.63, 3.8) is 0 Å². The molecule has 0 saturated carbocycles. The fourth-order valence-electron chi connectivity index (χ4n) is 2.34. The first-order chi connectivity index (χ1) is 13.9. The van der Waals surface area contributed by atoms with E-state index < -0.39 is 17.7 Å². The molecule has 0 fully saturated rings. The van der Waals surface area contributed by atoms with Gasteiger partial charge in [-0.2, -0.15) is 5.10 Å². The van der Waals surface area contributed by atoms with Gasteiger partial charge in [0.05, 0.1) is 19.4 Å². The summed E-state index contributed by atoms with van der Waals surface area (Å²) in [5.74, 6) is -1.61. The lowest BCUT2D eigenvalue weighted by atomic mass is 10.1. The molecule has 0 saturated heterocycles. The number of carbonyl (C=O) groups is 3. The van der Waals surface area contributed by atoms with E-state index in [9.17, 15) is 14.4 Å². The van der Waals surface area contributed by atoms with Gasteiger partial charge in [-0.1, -0.05) is 30.3 Å². The van der Waals surface area contributed by atoms with E-state index in [2.05, 4.69) is 15.8 Å². The number of nitrogens with two attached hydrogens (primary N) is 1. The molecule has 0 aromatic heterocycles. The predicted octanol–water partition coefficient (Wildman–Crippen LogP) is 0.887. The van der Waals surface area contributed by atoms with Gasteiger partial charge in [0, 0.05) is 0 Å². The Morgan fingerprint density at radius 2 is 1.83 bits per heavy atom. The van der Waals surface area contributed by atoms with E-state index in [4.69, 9.17) is 15.2 Å². The van der Waals surface area contributed by atoms with Crippen LogP contribution in [0.3, 0.4) is 0 Å². The van der Waals surface area contributed by atoms with Crippen LogP contribution in [0.2, 0.25) is 0 Å². The van der Waals surface area contributed by atoms with E-state index in [1.165, 1.54) is 13.3 Å². The minimum Gasteiger partial charge on any atom is -0.493 e. The number of hydrogen-bond donors (Lipinski definition) is 3. The fraction of sp³-hybridized carbons (Fsp3) is 0.200. The lowest BCUT2D eigenvalue weighted by Crippen LogP contribution is -2.39. The Morgan fingerprint density at radius 3 is 2.48 bits per heavy atom. The number of carbonyl (C=O) groups excluding carboxylic acids is 3. The van der Waals surface area contributed by atoms with E-state index in [1.807, 2.05) is 30.3 Å². The molecule has 9 nitrogen and oxygen atoms in total. The largest absolute Gasteiger partial charge is 0.493 e. The summed E-state index contributed by atoms with van der Waals surface area (Å²) >= 11 is 0. The summed E-state index contributed by atoms with van der Waals surface area (Å²) in [5.41, 5.74) is 8.66. The number of hydrogen-bond acceptors (Lipinski definition) is 6. The number of amides is 3. The third-order valence-electron chi connectivity index (χ3n) is 3.79. The Kier molecular flexibility index (Phi) is 7.72. The first-order valence-corrected chi connectivity index (χ1v) is 8.68. The Bertz CT molecular complexity index is 899. The average Bonchev–Trinajstić information content (AvgIpc) is 2.72. The number of hydrazone groups is 1. The molecule has 2 aromatic carbocycles. The molecule has 29 heavy (non-hydrogen) atoms. The molecule has 0 spiro atoms. The van der Waals surface area contributed by atoms with Gasteiger partial charge in [0.2, 0.25) is 0 Å². The highest BCUT2D eigenvalue weighted by atomic mass is 16.5. The molecule has 0 bridgehead atoms. The van der Waals surface area contributed by atoms with Crippen molar-refractivity contribution < 1.29 is 23.9 Å². The van der Waals surface area contributed by atoms with Crippen LogP contribution in [-0.2, 0) is 14.4 Å². The molecule has 152 valence electrons. The molecule has 0 aliphatic carbocycles. The minimum atomic E-state index is -0.891. The molecule has 2 aromatic rings. The molecule has 2 rings (SSSR count). The molecular formula is C20H22N4O5. The second-order valence-electron chi connectivity index (χ2n) is 5.97. The zero-order chi connectivity index (χ0) is 21.2. The number of methoxy groups -OCH3 is 1. The van der Waals surface area contributed by atoms with E-state index >= 15 is 0 Å². The molecule has 0 unspecified atom stereocenters. The van der Waals surface area contributed by atoms with Crippen molar-refractivity contribution in [1.82, 2.24) is 10.7 Å². The van der Waals surface area contributed by atoms with Crippen LogP contribution >= 0.6 is 0 Å². The van der Waals surface area contributed by atoms with E-state index in [-0.39, 0.29) is 12.6 Å². The number of benzene rings is 2. The van der Waals surface area contributed by atoms with Crippen molar-refractivity contribution >= 4 is 23.9 Å². The lowest BCUT2D eigenvalue weighted by Gasteiger charge is -2.13. The van der Waals surface area contributed by atoms with Crippen molar-refractivity contribution in [2.75, 3.05) is 13.7 Å². The van der Waals surface area contributed by atoms with Crippen LogP contribution in [0.5, 0.6) is 11.5 Å². The summed E-state index contributed by atoms with van der Waals surface area (Å²) < 4.78 is 10.4. The molecule has 1 atom stereocenters. The van der Waals surface area contributed by atoms with Gasteiger partial charge in [0.1, 0.15) is 0 Å². The minimum absolute atomic E-state index is 0.281. The molecular weight excluding hydrogens is 376 g/mol. The maximum atomic E-state index is 12.0. The van der Waals surface area contributed by atoms with Crippen molar-refractivity contribution in [3.05, 3.63) is 59.7 Å². The van der Waals surface area contributed by atoms with Crippen LogP contribution < -0.4 is 25.9 Å². The average molecular weight is 398 g/mol. The monoisotopic (exact) mass is 398 g/mol. The van der Waals surface area contributed by atoms with Gasteiger partial charge in [-0.3, -0.25) is 14.4 Å². The summed E-state index contributed by atoms with van der Waals surface area (Å²) in [4.78, 5) is 34.7. The maximum absolute atomic E-state index is 12.0. The first kappa shape index (κ1) is 21.4. The Hall–Kier alpha value is -3.88. The number of rotatable bonds is 8. The highest BCUT2D eigenvalue weighted by molar-refractivity contribution is 6.35. The van der Waals surface area contributed by atoms with Gasteiger partial charge in [-0.15, -0.1) is 0 Å². The van der Waals surface area contributed by atoms with E-state index in [1.54, 1.807) is 25.1 Å². The molecule has 3 amide bonds. The summed E-state index contributed by atoms with van der Waals surface area (Å²) in [6.07, 6.45) is 1.34. The summed E-state index contributed by atoms with van der Waals surface area (Å²) in [6, 6.07) is 13.7. The third-order valence-corrected chi connectivity index (χ3v) is 3.79. The van der Waals surface area contributed by atoms with Crippen LogP contribution in [0.4, 0.5) is 0 Å². The molecule has 4 N–H and O–H groups in total. The van der Waals surface area contributed by atoms with Crippen LogP contribution in [0.15, 0.2) is 53.6 Å². The van der Waals surface area contributed by atoms with E-state index in [0.29, 0.717) is 17.1 Å². The van der Waals surface area contributed by atoms with Gasteiger partial charge >= 0.3 is 11.8 Å². The smallest absolute Gasteiger partial charge is 0.329 e. The van der Waals surface area contributed by atoms with Gasteiger partial charge in [0.15, 0.2) is 18.1 Å². The van der Waals surface area contributed by atoms with Gasteiger partial charge in [0.25, 0.3) is 5.91 Å². The third kappa shape index (κ3) is 6.65. The van der Waals surface area contributed by atoms with Crippen molar-refractivity contribution in [3.8, 4) is 11.5 Å². The van der Waals surface area contributed by atoms with Crippen LogP contribution in [0, 0.1) is 0 Å². The zero-order valence-corrected chi connectivity index (χ0v) is 16.0. The highest BCUT2D eigenvalue weighted by Crippen LogP contribution is 2.27. The van der Waals surface area contributed by atoms with Gasteiger partial charge in [-0.05, 0) is 36.2 Å². The van der Waals surface area contributed by atoms with Gasteiger partial charge in [-0.25, -0.2) is 5.43 Å². The number of ether oxygens (including phenoxy) is 2. The van der Waals surface area contributed by atoms with Crippen molar-refractivity contribution in [1.29, 1.82) is 0 Å². The number of nitrogens with zero attached hydrogens (tertiary/aromatic N) is 1. The van der Waals surface area contributed by atoms with Crippen LogP contribution in [0.25, 0.3) is 0 Å². The number of nitrogens with one attached hydrogen (secondary N) is 2. The Labute approximate surface area is 167 Å².